The van der Waals surface area contributed by atoms with E-state index in [0.717, 1.165) is 0 Å². The second kappa shape index (κ2) is 5.95. The summed E-state index contributed by atoms with van der Waals surface area (Å²) in [4.78, 5) is 12.5. The van der Waals surface area contributed by atoms with E-state index in [2.05, 4.69) is 0 Å². The third kappa shape index (κ3) is 6.33. The zero-order chi connectivity index (χ0) is 12.1. The largest absolute Gasteiger partial charge is 0.397 e. The SMILES string of the molecule is CC(C)N(CCCN)C(=O)CC(F)(F)F. The highest BCUT2D eigenvalue weighted by Crippen LogP contribution is 2.21. The van der Waals surface area contributed by atoms with Crippen LogP contribution >= 0.6 is 0 Å². The third-order valence-corrected chi connectivity index (χ3v) is 1.90. The van der Waals surface area contributed by atoms with Crippen molar-refractivity contribution in [3.05, 3.63) is 0 Å². The number of carbonyl (C=O) groups excluding carboxylic acids is 1. The molecule has 0 atom stereocenters. The zero-order valence-corrected chi connectivity index (χ0v) is 8.97. The van der Waals surface area contributed by atoms with Crippen LogP contribution in [0.1, 0.15) is 26.7 Å². The average Bonchev–Trinajstić information content (AvgIpc) is 2.00. The van der Waals surface area contributed by atoms with Gasteiger partial charge in [0.25, 0.3) is 0 Å². The first kappa shape index (κ1) is 14.2. The molecule has 0 rings (SSSR count). The molecular formula is C9H17F3N2O. The summed E-state index contributed by atoms with van der Waals surface area (Å²) in [7, 11) is 0. The molecule has 0 aliphatic carbocycles. The summed E-state index contributed by atoms with van der Waals surface area (Å²) in [5.41, 5.74) is 5.24. The molecule has 0 aromatic rings. The lowest BCUT2D eigenvalue weighted by Crippen LogP contribution is -2.40. The number of rotatable bonds is 5. The van der Waals surface area contributed by atoms with Crippen molar-refractivity contribution in [1.29, 1.82) is 0 Å². The molecular weight excluding hydrogens is 209 g/mol. The molecule has 0 aromatic carbocycles. The number of carbonyl (C=O) groups is 1. The molecule has 0 fully saturated rings. The minimum Gasteiger partial charge on any atom is -0.340 e. The molecule has 0 radical (unpaired) electrons. The lowest BCUT2D eigenvalue weighted by molar-refractivity contribution is -0.162. The number of nitrogens with zero attached hydrogens (tertiary/aromatic N) is 1. The Morgan fingerprint density at radius 1 is 1.40 bits per heavy atom. The Morgan fingerprint density at radius 3 is 2.27 bits per heavy atom. The molecule has 1 amide bonds. The predicted octanol–water partition coefficient (Wildman–Crippen LogP) is 1.52. The molecule has 0 saturated heterocycles. The van der Waals surface area contributed by atoms with Crippen molar-refractivity contribution in [2.24, 2.45) is 5.73 Å². The van der Waals surface area contributed by atoms with Crippen molar-refractivity contribution in [3.8, 4) is 0 Å². The van der Waals surface area contributed by atoms with E-state index in [-0.39, 0.29) is 12.6 Å². The molecule has 2 N–H and O–H groups in total. The number of alkyl halides is 3. The summed E-state index contributed by atoms with van der Waals surface area (Å²) >= 11 is 0. The summed E-state index contributed by atoms with van der Waals surface area (Å²) < 4.78 is 35.9. The van der Waals surface area contributed by atoms with Gasteiger partial charge in [0.05, 0.1) is 0 Å². The second-order valence-electron chi connectivity index (χ2n) is 3.62. The van der Waals surface area contributed by atoms with Crippen LogP contribution in [-0.4, -0.2) is 36.1 Å². The van der Waals surface area contributed by atoms with Crippen molar-refractivity contribution in [3.63, 3.8) is 0 Å². The van der Waals surface area contributed by atoms with Crippen LogP contribution in [0.2, 0.25) is 0 Å². The number of amides is 1. The Labute approximate surface area is 87.4 Å². The van der Waals surface area contributed by atoms with Gasteiger partial charge in [0.15, 0.2) is 0 Å². The second-order valence-corrected chi connectivity index (χ2v) is 3.62. The van der Waals surface area contributed by atoms with Crippen molar-refractivity contribution < 1.29 is 18.0 Å². The Kier molecular flexibility index (Phi) is 5.64. The van der Waals surface area contributed by atoms with Crippen LogP contribution in [0.3, 0.4) is 0 Å². The molecule has 90 valence electrons. The number of halogens is 3. The lowest BCUT2D eigenvalue weighted by Gasteiger charge is -2.27. The number of hydrogen-bond donors (Lipinski definition) is 1. The first-order chi connectivity index (χ1) is 6.78. The van der Waals surface area contributed by atoms with E-state index in [1.807, 2.05) is 0 Å². The van der Waals surface area contributed by atoms with E-state index in [1.54, 1.807) is 13.8 Å². The molecule has 0 heterocycles. The fourth-order valence-corrected chi connectivity index (χ4v) is 1.21. The highest BCUT2D eigenvalue weighted by atomic mass is 19.4. The minimum atomic E-state index is -4.44. The van der Waals surface area contributed by atoms with E-state index in [4.69, 9.17) is 5.73 Å². The van der Waals surface area contributed by atoms with Gasteiger partial charge in [-0.25, -0.2) is 0 Å². The van der Waals surface area contributed by atoms with E-state index >= 15 is 0 Å². The van der Waals surface area contributed by atoms with Crippen LogP contribution in [0.4, 0.5) is 13.2 Å². The fraction of sp³-hybridized carbons (Fsp3) is 0.889. The predicted molar refractivity (Wildman–Crippen MR) is 51.2 cm³/mol. The molecule has 0 unspecified atom stereocenters. The van der Waals surface area contributed by atoms with E-state index in [0.29, 0.717) is 13.0 Å². The van der Waals surface area contributed by atoms with Crippen LogP contribution in [0.25, 0.3) is 0 Å². The van der Waals surface area contributed by atoms with Gasteiger partial charge in [0.1, 0.15) is 6.42 Å². The van der Waals surface area contributed by atoms with Crippen LogP contribution in [0.15, 0.2) is 0 Å². The molecule has 15 heavy (non-hydrogen) atoms. The van der Waals surface area contributed by atoms with Gasteiger partial charge in [-0.3, -0.25) is 4.79 Å². The normalized spacial score (nSPS) is 11.9. The van der Waals surface area contributed by atoms with Crippen molar-refractivity contribution in [2.75, 3.05) is 13.1 Å². The monoisotopic (exact) mass is 226 g/mol. The maximum Gasteiger partial charge on any atom is 0.397 e. The Morgan fingerprint density at radius 2 is 1.93 bits per heavy atom. The zero-order valence-electron chi connectivity index (χ0n) is 8.97. The van der Waals surface area contributed by atoms with Gasteiger partial charge in [-0.1, -0.05) is 0 Å². The van der Waals surface area contributed by atoms with Crippen LogP contribution in [0, 0.1) is 0 Å². The highest BCUT2D eigenvalue weighted by molar-refractivity contribution is 5.77. The van der Waals surface area contributed by atoms with E-state index in [1.165, 1.54) is 4.90 Å². The Hall–Kier alpha value is -0.780. The van der Waals surface area contributed by atoms with Crippen molar-refractivity contribution in [1.82, 2.24) is 4.90 Å². The molecule has 3 nitrogen and oxygen atoms in total. The first-order valence-electron chi connectivity index (χ1n) is 4.84. The van der Waals surface area contributed by atoms with Gasteiger partial charge in [-0.2, -0.15) is 13.2 Å². The molecule has 6 heteroatoms. The van der Waals surface area contributed by atoms with E-state index in [9.17, 15) is 18.0 Å². The average molecular weight is 226 g/mol. The smallest absolute Gasteiger partial charge is 0.340 e. The maximum absolute atomic E-state index is 12.0. The number of hydrogen-bond acceptors (Lipinski definition) is 2. The summed E-state index contributed by atoms with van der Waals surface area (Å²) in [5, 5.41) is 0. The molecule has 0 aliphatic rings. The third-order valence-electron chi connectivity index (χ3n) is 1.90. The minimum absolute atomic E-state index is 0.230. The first-order valence-corrected chi connectivity index (χ1v) is 4.84. The summed E-state index contributed by atoms with van der Waals surface area (Å²) in [5.74, 6) is -0.883. The molecule has 0 bridgehead atoms. The molecule has 0 aromatic heterocycles. The maximum atomic E-state index is 12.0. The fourth-order valence-electron chi connectivity index (χ4n) is 1.21. The standard InChI is InChI=1S/C9H17F3N2O/c1-7(2)14(5-3-4-13)8(15)6-9(10,11)12/h7H,3-6,13H2,1-2H3. The Balaban J connectivity index is 4.29. The van der Waals surface area contributed by atoms with Gasteiger partial charge in [0.2, 0.25) is 5.91 Å². The highest BCUT2D eigenvalue weighted by Gasteiger charge is 2.33. The van der Waals surface area contributed by atoms with Crippen LogP contribution < -0.4 is 5.73 Å². The van der Waals surface area contributed by atoms with Crippen molar-refractivity contribution >= 4 is 5.91 Å². The van der Waals surface area contributed by atoms with Gasteiger partial charge < -0.3 is 10.6 Å². The summed E-state index contributed by atoms with van der Waals surface area (Å²) in [6, 6.07) is -0.230. The van der Waals surface area contributed by atoms with Gasteiger partial charge >= 0.3 is 6.18 Å². The Bertz CT molecular complexity index is 204. The van der Waals surface area contributed by atoms with Crippen molar-refractivity contribution in [2.45, 2.75) is 38.9 Å². The molecule has 0 saturated carbocycles. The van der Waals surface area contributed by atoms with Gasteiger partial charge in [0, 0.05) is 12.6 Å². The van der Waals surface area contributed by atoms with Gasteiger partial charge in [-0.15, -0.1) is 0 Å². The lowest BCUT2D eigenvalue weighted by atomic mass is 10.2. The topological polar surface area (TPSA) is 46.3 Å². The summed E-state index contributed by atoms with van der Waals surface area (Å²) in [6.07, 6.45) is -5.32. The van der Waals surface area contributed by atoms with E-state index < -0.39 is 18.5 Å². The number of nitrogens with two attached hydrogens (primary N) is 1. The quantitative estimate of drug-likeness (QED) is 0.772. The molecule has 0 spiro atoms. The van der Waals surface area contributed by atoms with Crippen LogP contribution in [0.5, 0.6) is 0 Å². The molecule has 0 aliphatic heterocycles. The summed E-state index contributed by atoms with van der Waals surface area (Å²) in [6.45, 7) is 4.02. The van der Waals surface area contributed by atoms with Gasteiger partial charge in [-0.05, 0) is 26.8 Å². The van der Waals surface area contributed by atoms with Crippen LogP contribution in [-0.2, 0) is 4.79 Å².